The number of rotatable bonds is 7. The van der Waals surface area contributed by atoms with Gasteiger partial charge in [-0.25, -0.2) is 17.1 Å². The van der Waals surface area contributed by atoms with Crippen molar-refractivity contribution in [3.63, 3.8) is 0 Å². The lowest BCUT2D eigenvalue weighted by molar-refractivity contribution is -0.142. The van der Waals surface area contributed by atoms with Crippen molar-refractivity contribution in [1.29, 1.82) is 0 Å². The van der Waals surface area contributed by atoms with Gasteiger partial charge in [-0.2, -0.15) is 0 Å². The number of nitrogens with zero attached hydrogens (tertiary/aromatic N) is 1. The summed E-state index contributed by atoms with van der Waals surface area (Å²) in [5.74, 6) is -4.85. The highest BCUT2D eigenvalue weighted by molar-refractivity contribution is 7.89. The predicted molar refractivity (Wildman–Crippen MR) is 115 cm³/mol. The molecular formula is C21H20ClFN2O7S. The summed E-state index contributed by atoms with van der Waals surface area (Å²) in [5, 5.41) is 11.9. The van der Waals surface area contributed by atoms with Gasteiger partial charge in [-0.1, -0.05) is 11.6 Å². The Bertz CT molecular complexity index is 1190. The van der Waals surface area contributed by atoms with E-state index in [0.29, 0.717) is 4.31 Å². The summed E-state index contributed by atoms with van der Waals surface area (Å²) in [5.41, 5.74) is 0.283. The van der Waals surface area contributed by atoms with Crippen LogP contribution in [0.2, 0.25) is 5.02 Å². The summed E-state index contributed by atoms with van der Waals surface area (Å²) in [6, 6.07) is 6.74. The molecule has 0 bridgehead atoms. The van der Waals surface area contributed by atoms with Gasteiger partial charge in [0, 0.05) is 11.6 Å². The summed E-state index contributed by atoms with van der Waals surface area (Å²) in [6.07, 6.45) is -1.09. The van der Waals surface area contributed by atoms with Crippen LogP contribution in [0.4, 0.5) is 4.39 Å². The number of benzene rings is 2. The number of ether oxygens (including phenoxy) is 1. The smallest absolute Gasteiger partial charge is 0.306 e. The number of carboxylic acids is 1. The van der Waals surface area contributed by atoms with E-state index >= 15 is 0 Å². The Labute approximate surface area is 194 Å². The zero-order valence-corrected chi connectivity index (χ0v) is 18.9. The molecule has 2 aromatic carbocycles. The van der Waals surface area contributed by atoms with E-state index in [1.54, 1.807) is 0 Å². The minimum atomic E-state index is -4.63. The van der Waals surface area contributed by atoms with Gasteiger partial charge in [0.2, 0.25) is 11.8 Å². The molecule has 0 aromatic heterocycles. The molecule has 176 valence electrons. The second kappa shape index (κ2) is 9.75. The quantitative estimate of drug-likeness (QED) is 0.595. The zero-order chi connectivity index (χ0) is 24.3. The monoisotopic (exact) mass is 498 g/mol. The maximum absolute atomic E-state index is 13.8. The van der Waals surface area contributed by atoms with Crippen molar-refractivity contribution in [3.05, 3.63) is 58.9 Å². The molecule has 0 unspecified atom stereocenters. The van der Waals surface area contributed by atoms with Crippen LogP contribution in [0.1, 0.15) is 12.0 Å². The molecule has 2 aromatic rings. The topological polar surface area (TPSA) is 130 Å². The molecular weight excluding hydrogens is 479 g/mol. The number of nitrogens with one attached hydrogen (secondary N) is 1. The molecule has 0 radical (unpaired) electrons. The van der Waals surface area contributed by atoms with Crippen LogP contribution in [-0.4, -0.2) is 55.3 Å². The summed E-state index contributed by atoms with van der Waals surface area (Å²) in [4.78, 5) is 37.2. The first kappa shape index (κ1) is 24.5. The van der Waals surface area contributed by atoms with Crippen molar-refractivity contribution in [1.82, 2.24) is 9.62 Å². The molecule has 1 aliphatic heterocycles. The molecule has 0 saturated carbocycles. The first-order valence-corrected chi connectivity index (χ1v) is 11.5. The van der Waals surface area contributed by atoms with Crippen molar-refractivity contribution >= 4 is 39.4 Å². The maximum Gasteiger partial charge on any atom is 0.306 e. The number of aliphatic carboxylic acids is 1. The SMILES string of the molecule is COc1ccc(F)cc1C[C@H]1CNC(=O)[C@@H](CC(=O)O)N(S(=O)(=O)c2ccc(Cl)cc2)C1=O. The van der Waals surface area contributed by atoms with E-state index in [9.17, 15) is 32.3 Å². The molecule has 1 saturated heterocycles. The van der Waals surface area contributed by atoms with Crippen molar-refractivity contribution in [2.24, 2.45) is 5.92 Å². The van der Waals surface area contributed by atoms with E-state index in [1.807, 2.05) is 0 Å². The third-order valence-corrected chi connectivity index (χ3v) is 7.19. The van der Waals surface area contributed by atoms with Gasteiger partial charge in [0.05, 0.1) is 24.3 Å². The molecule has 1 heterocycles. The molecule has 1 fully saturated rings. The van der Waals surface area contributed by atoms with Gasteiger partial charge in [0.15, 0.2) is 0 Å². The summed E-state index contributed by atoms with van der Waals surface area (Å²) in [7, 11) is -3.28. The highest BCUT2D eigenvalue weighted by atomic mass is 35.5. The van der Waals surface area contributed by atoms with Crippen LogP contribution < -0.4 is 10.1 Å². The van der Waals surface area contributed by atoms with Crippen molar-refractivity contribution in [2.45, 2.75) is 23.8 Å². The molecule has 33 heavy (non-hydrogen) atoms. The second-order valence-electron chi connectivity index (χ2n) is 7.31. The molecule has 2 atom stereocenters. The molecule has 1 aliphatic rings. The lowest BCUT2D eigenvalue weighted by Gasteiger charge is -2.28. The summed E-state index contributed by atoms with van der Waals surface area (Å²) < 4.78 is 46.1. The Morgan fingerprint density at radius 2 is 1.91 bits per heavy atom. The van der Waals surface area contributed by atoms with E-state index < -0.39 is 52.0 Å². The van der Waals surface area contributed by atoms with Crippen LogP contribution in [0.3, 0.4) is 0 Å². The zero-order valence-electron chi connectivity index (χ0n) is 17.3. The first-order chi connectivity index (χ1) is 15.5. The third kappa shape index (κ3) is 5.25. The van der Waals surface area contributed by atoms with Crippen LogP contribution in [0, 0.1) is 11.7 Å². The Balaban J connectivity index is 2.08. The van der Waals surface area contributed by atoms with Crippen LogP contribution in [0.5, 0.6) is 5.75 Å². The van der Waals surface area contributed by atoms with Gasteiger partial charge in [-0.3, -0.25) is 14.4 Å². The third-order valence-electron chi connectivity index (χ3n) is 5.12. The number of methoxy groups -OCH3 is 1. The molecule has 2 amide bonds. The standard InChI is InChI=1S/C21H20ClFN2O7S/c1-32-18-7-4-15(23)9-12(18)8-13-11-24-20(28)17(10-19(26)27)25(21(13)29)33(30,31)16-5-2-14(22)3-6-16/h2-7,9,13,17H,8,10-11H2,1H3,(H,24,28)(H,26,27)/t13-,17+/m0/s1. The second-order valence-corrected chi connectivity index (χ2v) is 9.56. The van der Waals surface area contributed by atoms with E-state index in [4.69, 9.17) is 16.3 Å². The van der Waals surface area contributed by atoms with Crippen LogP contribution >= 0.6 is 11.6 Å². The first-order valence-electron chi connectivity index (χ1n) is 9.70. The van der Waals surface area contributed by atoms with Gasteiger partial charge in [0.25, 0.3) is 10.0 Å². The molecule has 3 rings (SSSR count). The number of hydrogen-bond acceptors (Lipinski definition) is 6. The van der Waals surface area contributed by atoms with Crippen molar-refractivity contribution in [3.8, 4) is 5.75 Å². The highest BCUT2D eigenvalue weighted by Gasteiger charge is 2.45. The highest BCUT2D eigenvalue weighted by Crippen LogP contribution is 2.29. The van der Waals surface area contributed by atoms with Crippen LogP contribution in [-0.2, 0) is 30.8 Å². The summed E-state index contributed by atoms with van der Waals surface area (Å²) in [6.45, 7) is -0.278. The number of carbonyl (C=O) groups excluding carboxylic acids is 2. The Morgan fingerprint density at radius 3 is 2.52 bits per heavy atom. The van der Waals surface area contributed by atoms with Gasteiger partial charge >= 0.3 is 5.97 Å². The lowest BCUT2D eigenvalue weighted by atomic mass is 9.97. The van der Waals surface area contributed by atoms with Crippen molar-refractivity contribution in [2.75, 3.05) is 13.7 Å². The average Bonchev–Trinajstić information content (AvgIpc) is 2.86. The number of carbonyl (C=O) groups is 3. The van der Waals surface area contributed by atoms with E-state index in [2.05, 4.69) is 5.32 Å². The molecule has 2 N–H and O–H groups in total. The van der Waals surface area contributed by atoms with Gasteiger partial charge in [0.1, 0.15) is 17.6 Å². The lowest BCUT2D eigenvalue weighted by Crippen LogP contribution is -2.51. The number of halogens is 2. The van der Waals surface area contributed by atoms with E-state index in [-0.39, 0.29) is 34.2 Å². The summed E-state index contributed by atoms with van der Waals surface area (Å²) >= 11 is 5.82. The molecule has 9 nitrogen and oxygen atoms in total. The predicted octanol–water partition coefficient (Wildman–Crippen LogP) is 1.84. The average molecular weight is 499 g/mol. The van der Waals surface area contributed by atoms with E-state index in [1.165, 1.54) is 31.4 Å². The van der Waals surface area contributed by atoms with E-state index in [0.717, 1.165) is 18.2 Å². The minimum absolute atomic E-state index is 0.160. The normalized spacial score (nSPS) is 19.1. The number of amides is 2. The number of sulfonamides is 1. The van der Waals surface area contributed by atoms with Gasteiger partial charge in [-0.05, 0) is 54.4 Å². The number of carboxylic acid groups (broad SMARTS) is 1. The fourth-order valence-corrected chi connectivity index (χ4v) is 5.27. The van der Waals surface area contributed by atoms with Crippen LogP contribution in [0.25, 0.3) is 0 Å². The fourth-order valence-electron chi connectivity index (χ4n) is 3.55. The minimum Gasteiger partial charge on any atom is -0.496 e. The van der Waals surface area contributed by atoms with Gasteiger partial charge in [-0.15, -0.1) is 0 Å². The molecule has 12 heteroatoms. The Kier molecular flexibility index (Phi) is 7.23. The van der Waals surface area contributed by atoms with Crippen molar-refractivity contribution < 1.29 is 37.0 Å². The maximum atomic E-state index is 13.8. The van der Waals surface area contributed by atoms with Crippen LogP contribution in [0.15, 0.2) is 47.4 Å². The largest absolute Gasteiger partial charge is 0.496 e. The fraction of sp³-hybridized carbons (Fsp3) is 0.286. The molecule has 0 aliphatic carbocycles. The Hall–Kier alpha value is -3.18. The van der Waals surface area contributed by atoms with Gasteiger partial charge < -0.3 is 15.2 Å². The molecule has 0 spiro atoms. The number of hydrogen-bond donors (Lipinski definition) is 2. The Morgan fingerprint density at radius 1 is 1.24 bits per heavy atom.